The van der Waals surface area contributed by atoms with Gasteiger partial charge in [0.2, 0.25) is 0 Å². The van der Waals surface area contributed by atoms with Crippen molar-refractivity contribution < 1.29 is 4.92 Å². The van der Waals surface area contributed by atoms with Gasteiger partial charge in [0.1, 0.15) is 0 Å². The maximum Gasteiger partial charge on any atom is 0.323 e. The van der Waals surface area contributed by atoms with Crippen molar-refractivity contribution in [2.24, 2.45) is 4.99 Å². The molecule has 2 N–H and O–H groups in total. The van der Waals surface area contributed by atoms with Gasteiger partial charge in [-0.3, -0.25) is 15.1 Å². The van der Waals surface area contributed by atoms with Gasteiger partial charge in [0.15, 0.2) is 0 Å². The van der Waals surface area contributed by atoms with Crippen molar-refractivity contribution >= 4 is 28.6 Å². The molecule has 110 valence electrons. The van der Waals surface area contributed by atoms with E-state index in [0.717, 1.165) is 0 Å². The highest BCUT2D eigenvalue weighted by Gasteiger charge is 2.09. The molecule has 0 atom stereocenters. The number of imidazole rings is 1. The summed E-state index contributed by atoms with van der Waals surface area (Å²) in [7, 11) is 0. The molecule has 0 aliphatic rings. The lowest BCUT2D eigenvalue weighted by molar-refractivity contribution is -0.385. The minimum absolute atomic E-state index is 0.0642. The first kappa shape index (κ1) is 13.7. The van der Waals surface area contributed by atoms with E-state index in [9.17, 15) is 14.9 Å². The van der Waals surface area contributed by atoms with E-state index in [1.165, 1.54) is 6.07 Å². The summed E-state index contributed by atoms with van der Waals surface area (Å²) in [4.78, 5) is 31.3. The van der Waals surface area contributed by atoms with Crippen LogP contribution in [0.25, 0.3) is 11.0 Å². The van der Waals surface area contributed by atoms with Crippen LogP contribution in [0.1, 0.15) is 11.1 Å². The summed E-state index contributed by atoms with van der Waals surface area (Å²) in [5.41, 5.74) is 3.04. The zero-order valence-electron chi connectivity index (χ0n) is 11.7. The van der Waals surface area contributed by atoms with Gasteiger partial charge >= 0.3 is 5.69 Å². The minimum Gasteiger partial charge on any atom is -0.306 e. The van der Waals surface area contributed by atoms with Gasteiger partial charge in [-0.2, -0.15) is 0 Å². The fourth-order valence-corrected chi connectivity index (χ4v) is 2.15. The Morgan fingerprint density at radius 2 is 1.91 bits per heavy atom. The molecule has 7 heteroatoms. The molecular weight excluding hydrogens is 284 g/mol. The van der Waals surface area contributed by atoms with Crippen molar-refractivity contribution in [2.45, 2.75) is 6.92 Å². The zero-order chi connectivity index (χ0) is 15.7. The molecule has 0 radical (unpaired) electrons. The van der Waals surface area contributed by atoms with E-state index in [1.807, 2.05) is 0 Å². The smallest absolute Gasteiger partial charge is 0.306 e. The Bertz CT molecular complexity index is 953. The Hall–Kier alpha value is -3.22. The molecule has 3 rings (SSSR count). The molecule has 0 fully saturated rings. The number of H-pyrrole nitrogens is 2. The van der Waals surface area contributed by atoms with Crippen LogP contribution in [-0.4, -0.2) is 21.1 Å². The summed E-state index contributed by atoms with van der Waals surface area (Å²) in [5.74, 6) is 0. The van der Waals surface area contributed by atoms with Gasteiger partial charge in [0.05, 0.1) is 21.6 Å². The fourth-order valence-electron chi connectivity index (χ4n) is 2.15. The van der Waals surface area contributed by atoms with Gasteiger partial charge in [-0.05, 0) is 30.7 Å². The molecule has 0 aliphatic carbocycles. The second kappa shape index (κ2) is 5.28. The summed E-state index contributed by atoms with van der Waals surface area (Å²) >= 11 is 0. The summed E-state index contributed by atoms with van der Waals surface area (Å²) in [6, 6.07) is 10.2. The van der Waals surface area contributed by atoms with Crippen LogP contribution in [0.2, 0.25) is 0 Å². The number of nitro benzene ring substituents is 1. The highest BCUT2D eigenvalue weighted by atomic mass is 16.6. The standard InChI is InChI=1S/C15H12N4O3/c1-9-2-3-10(6-14(9)19(21)22)8-16-11-4-5-12-13(7-11)18-15(20)17-12/h2-8H,1H3,(H2,17,18,20). The molecule has 0 amide bonds. The van der Waals surface area contributed by atoms with Crippen LogP contribution < -0.4 is 5.69 Å². The van der Waals surface area contributed by atoms with Crippen molar-refractivity contribution in [3.8, 4) is 0 Å². The number of hydrogen-bond donors (Lipinski definition) is 2. The lowest BCUT2D eigenvalue weighted by atomic mass is 10.1. The average Bonchev–Trinajstić information content (AvgIpc) is 2.85. The van der Waals surface area contributed by atoms with Gasteiger partial charge in [0, 0.05) is 17.8 Å². The van der Waals surface area contributed by atoms with Gasteiger partial charge in [-0.25, -0.2) is 4.79 Å². The van der Waals surface area contributed by atoms with Crippen LogP contribution in [0.3, 0.4) is 0 Å². The maximum atomic E-state index is 11.2. The summed E-state index contributed by atoms with van der Waals surface area (Å²) in [6.45, 7) is 1.69. The second-order valence-electron chi connectivity index (χ2n) is 4.87. The number of nitrogens with zero attached hydrogens (tertiary/aromatic N) is 2. The molecule has 0 spiro atoms. The summed E-state index contributed by atoms with van der Waals surface area (Å²) in [6.07, 6.45) is 1.55. The Balaban J connectivity index is 1.93. The molecule has 0 aliphatic heterocycles. The van der Waals surface area contributed by atoms with E-state index < -0.39 is 4.92 Å². The quantitative estimate of drug-likeness (QED) is 0.441. The molecule has 7 nitrogen and oxygen atoms in total. The number of nitro groups is 1. The number of nitrogens with one attached hydrogen (secondary N) is 2. The van der Waals surface area contributed by atoms with Crippen LogP contribution in [0.4, 0.5) is 11.4 Å². The molecular formula is C15H12N4O3. The third-order valence-electron chi connectivity index (χ3n) is 3.29. The monoisotopic (exact) mass is 296 g/mol. The largest absolute Gasteiger partial charge is 0.323 e. The van der Waals surface area contributed by atoms with Crippen molar-refractivity contribution in [1.82, 2.24) is 9.97 Å². The fraction of sp³-hybridized carbons (Fsp3) is 0.0667. The number of fused-ring (bicyclic) bond motifs is 1. The topological polar surface area (TPSA) is 104 Å². The maximum absolute atomic E-state index is 11.2. The zero-order valence-corrected chi connectivity index (χ0v) is 11.7. The van der Waals surface area contributed by atoms with Crippen LogP contribution in [0, 0.1) is 17.0 Å². The Kier molecular flexibility index (Phi) is 3.30. The molecule has 2 aromatic carbocycles. The number of rotatable bonds is 3. The minimum atomic E-state index is -0.413. The first-order valence-electron chi connectivity index (χ1n) is 6.54. The van der Waals surface area contributed by atoms with Gasteiger partial charge in [-0.1, -0.05) is 12.1 Å². The van der Waals surface area contributed by atoms with Crippen molar-refractivity contribution in [2.75, 3.05) is 0 Å². The predicted octanol–water partition coefficient (Wildman–Crippen LogP) is 2.82. The lowest BCUT2D eigenvalue weighted by Gasteiger charge is -1.99. The Labute approximate surface area is 124 Å². The highest BCUT2D eigenvalue weighted by molar-refractivity contribution is 5.85. The number of hydrogen-bond acceptors (Lipinski definition) is 4. The second-order valence-corrected chi connectivity index (χ2v) is 4.87. The van der Waals surface area contributed by atoms with E-state index in [-0.39, 0.29) is 11.4 Å². The van der Waals surface area contributed by atoms with Crippen LogP contribution in [0.5, 0.6) is 0 Å². The molecule has 0 saturated carbocycles. The van der Waals surface area contributed by atoms with E-state index >= 15 is 0 Å². The predicted molar refractivity (Wildman–Crippen MR) is 84.0 cm³/mol. The molecule has 0 unspecified atom stereocenters. The Morgan fingerprint density at radius 3 is 2.68 bits per heavy atom. The highest BCUT2D eigenvalue weighted by Crippen LogP contribution is 2.20. The Morgan fingerprint density at radius 1 is 1.14 bits per heavy atom. The van der Waals surface area contributed by atoms with E-state index in [0.29, 0.717) is 27.8 Å². The first-order chi connectivity index (χ1) is 10.5. The van der Waals surface area contributed by atoms with Crippen LogP contribution >= 0.6 is 0 Å². The summed E-state index contributed by atoms with van der Waals surface area (Å²) < 4.78 is 0. The third-order valence-corrected chi connectivity index (χ3v) is 3.29. The molecule has 1 aromatic heterocycles. The van der Waals surface area contributed by atoms with Gasteiger partial charge in [-0.15, -0.1) is 0 Å². The van der Waals surface area contributed by atoms with Crippen LogP contribution in [-0.2, 0) is 0 Å². The SMILES string of the molecule is Cc1ccc(C=Nc2ccc3[nH]c(=O)[nH]c3c2)cc1[N+](=O)[O-]. The molecule has 22 heavy (non-hydrogen) atoms. The van der Waals surface area contributed by atoms with Crippen molar-refractivity contribution in [1.29, 1.82) is 0 Å². The number of benzene rings is 2. The van der Waals surface area contributed by atoms with E-state index in [2.05, 4.69) is 15.0 Å². The van der Waals surface area contributed by atoms with Gasteiger partial charge in [0.25, 0.3) is 5.69 Å². The molecule has 0 bridgehead atoms. The average molecular weight is 296 g/mol. The van der Waals surface area contributed by atoms with Crippen LogP contribution in [0.15, 0.2) is 46.2 Å². The first-order valence-corrected chi connectivity index (χ1v) is 6.54. The molecule has 1 heterocycles. The van der Waals surface area contributed by atoms with Crippen molar-refractivity contribution in [3.05, 3.63) is 68.1 Å². The molecule has 0 saturated heterocycles. The van der Waals surface area contributed by atoms with Crippen molar-refractivity contribution in [3.63, 3.8) is 0 Å². The molecule has 3 aromatic rings. The van der Waals surface area contributed by atoms with Gasteiger partial charge < -0.3 is 9.97 Å². The lowest BCUT2D eigenvalue weighted by Crippen LogP contribution is -1.99. The normalized spacial score (nSPS) is 11.3. The van der Waals surface area contributed by atoms with E-state index in [4.69, 9.17) is 0 Å². The number of aromatic nitrogens is 2. The van der Waals surface area contributed by atoms with E-state index in [1.54, 1.807) is 43.5 Å². The number of aliphatic imine (C=N–C) groups is 1. The summed E-state index contributed by atoms with van der Waals surface area (Å²) in [5, 5.41) is 10.9. The third kappa shape index (κ3) is 2.64. The number of aromatic amines is 2. The number of aryl methyl sites for hydroxylation is 1.